The van der Waals surface area contributed by atoms with E-state index >= 15 is 0 Å². The van der Waals surface area contributed by atoms with E-state index in [2.05, 4.69) is 26.0 Å². The third kappa shape index (κ3) is 14.2. The van der Waals surface area contributed by atoms with Crippen molar-refractivity contribution in [1.29, 1.82) is 0 Å². The molecule has 0 aliphatic heterocycles. The molecule has 0 spiro atoms. The minimum atomic E-state index is -3.02. The minimum absolute atomic E-state index is 0. The Bertz CT molecular complexity index is 3440. The molecule has 20 heteroatoms. The van der Waals surface area contributed by atoms with Crippen molar-refractivity contribution in [2.24, 2.45) is 23.7 Å². The molecule has 4 heterocycles. The molecule has 0 radical (unpaired) electrons. The first-order valence-electron chi connectivity index (χ1n) is 25.7. The number of hydrogen-bond donors (Lipinski definition) is 1. The summed E-state index contributed by atoms with van der Waals surface area (Å²) < 4.78 is 90.8. The molecule has 0 saturated heterocycles. The van der Waals surface area contributed by atoms with Crippen molar-refractivity contribution in [2.75, 3.05) is 43.8 Å². The SMILES string of the molecule is CCOC(=O)C1C2Cc3cc(CCc4cc(-c5ccc(OCCCS(C)(=O)=O)nc5C)ccc4F)ncc3C21.Cc1nc(OCCCS(C)(=O)=O)ccc1-c1ccc(F)c(CCc2cc3c(cn2)C2C(C3)C2C(=O)O)c1.[Li+].[OH-]. The number of ether oxygens (including phenoxy) is 3. The van der Waals surface area contributed by atoms with E-state index in [1.807, 2.05) is 63.5 Å². The second-order valence-electron chi connectivity index (χ2n) is 20.5. The fourth-order valence-electron chi connectivity index (χ4n) is 11.1. The van der Waals surface area contributed by atoms with E-state index < -0.39 is 25.6 Å². The van der Waals surface area contributed by atoms with Crippen molar-refractivity contribution in [1.82, 2.24) is 19.9 Å². The molecule has 2 aromatic carbocycles. The topological polar surface area (TPSA) is 232 Å². The molecule has 10 rings (SSSR count). The van der Waals surface area contributed by atoms with Gasteiger partial charge in [-0.2, -0.15) is 0 Å². The fourth-order valence-corrected chi connectivity index (χ4v) is 12.4. The van der Waals surface area contributed by atoms with Gasteiger partial charge in [-0.15, -0.1) is 0 Å². The van der Waals surface area contributed by atoms with E-state index in [-0.39, 0.29) is 96.2 Å². The van der Waals surface area contributed by atoms with Crippen LogP contribution in [0, 0.1) is 49.2 Å². The number of halogens is 2. The fraction of sp³-hybridized carbons (Fsp3) is 0.414. The number of aromatic nitrogens is 4. The number of carboxylic acid groups (broad SMARTS) is 1. The first kappa shape index (κ1) is 59.6. The van der Waals surface area contributed by atoms with Gasteiger partial charge in [-0.1, -0.05) is 12.1 Å². The Labute approximate surface area is 466 Å². The smallest absolute Gasteiger partial charge is 0.870 e. The van der Waals surface area contributed by atoms with Crippen molar-refractivity contribution in [3.05, 3.63) is 153 Å². The number of carbonyl (C=O) groups is 2. The van der Waals surface area contributed by atoms with E-state index in [4.69, 9.17) is 14.2 Å². The predicted molar refractivity (Wildman–Crippen MR) is 285 cm³/mol. The molecule has 408 valence electrons. The summed E-state index contributed by atoms with van der Waals surface area (Å²) in [5, 5.41) is 9.29. The van der Waals surface area contributed by atoms with E-state index in [1.165, 1.54) is 35.8 Å². The number of pyridine rings is 4. The van der Waals surface area contributed by atoms with E-state index in [0.29, 0.717) is 73.9 Å². The average molecular weight is 1100 g/mol. The minimum Gasteiger partial charge on any atom is -0.870 e. The molecule has 4 aromatic heterocycles. The van der Waals surface area contributed by atoms with Gasteiger partial charge in [0.15, 0.2) is 0 Å². The molecule has 4 aliphatic carbocycles. The molecule has 2 saturated carbocycles. The maximum Gasteiger partial charge on any atom is 1.00 e. The second kappa shape index (κ2) is 24.9. The number of hydrogen-bond acceptors (Lipinski definition) is 14. The molecule has 78 heavy (non-hydrogen) atoms. The molecule has 0 bridgehead atoms. The molecule has 0 amide bonds. The molecule has 2 fully saturated rings. The van der Waals surface area contributed by atoms with E-state index in [9.17, 15) is 40.3 Å². The zero-order valence-corrected chi connectivity index (χ0v) is 46.3. The Morgan fingerprint density at radius 1 is 0.641 bits per heavy atom. The monoisotopic (exact) mass is 1100 g/mol. The van der Waals surface area contributed by atoms with Gasteiger partial charge in [0, 0.05) is 82.8 Å². The summed E-state index contributed by atoms with van der Waals surface area (Å²) in [5.41, 5.74) is 12.6. The standard InChI is InChI=1S/C30H33FN2O5S.C28H29FN2O5S.Li.H2O/c1-4-37-30(34)29-24-16-21-15-22(32-17-25(21)28(24)29)8-6-20-14-19(7-10-26(20)31)23-9-11-27(33-18(23)2)38-12-5-13-39(3,35)36;1-16-21(7-9-25(31-16)36-10-3-11-37(2,34)35)17-5-8-24(29)18(12-17)4-6-20-13-19-14-22-26(23(19)15-30-20)27(22)28(32)33;;/h7,9-11,14-15,17,24,28-29H,4-6,8,12-13,16H2,1-3H3;5,7-9,12-13,15,22,26-27H,3-4,6,10-11,14H2,1-2H3,(H,32,33);;1H2/q;;+1;/p-1. The maximum atomic E-state index is 14.7. The summed E-state index contributed by atoms with van der Waals surface area (Å²) in [7, 11) is -6.04. The number of carboxylic acids is 1. The van der Waals surface area contributed by atoms with Gasteiger partial charge in [0.2, 0.25) is 11.8 Å². The van der Waals surface area contributed by atoms with Crippen LogP contribution in [0.5, 0.6) is 11.8 Å². The number of benzene rings is 2. The van der Waals surface area contributed by atoms with Gasteiger partial charge in [0.05, 0.1) is 43.2 Å². The van der Waals surface area contributed by atoms with E-state index in [1.54, 1.807) is 24.3 Å². The third-order valence-corrected chi connectivity index (χ3v) is 17.0. The van der Waals surface area contributed by atoms with Crippen molar-refractivity contribution >= 4 is 31.6 Å². The number of aliphatic carboxylic acids is 1. The van der Waals surface area contributed by atoms with Gasteiger partial charge in [0.1, 0.15) is 31.3 Å². The number of sulfone groups is 2. The number of rotatable bonds is 21. The Morgan fingerprint density at radius 2 is 1.08 bits per heavy atom. The van der Waals surface area contributed by atoms with Crippen LogP contribution in [0.15, 0.2) is 85.2 Å². The Hall–Kier alpha value is -6.10. The Morgan fingerprint density at radius 3 is 1.49 bits per heavy atom. The second-order valence-corrected chi connectivity index (χ2v) is 25.0. The van der Waals surface area contributed by atoms with Crippen molar-refractivity contribution in [3.8, 4) is 34.0 Å². The summed E-state index contributed by atoms with van der Waals surface area (Å²) in [6, 6.07) is 21.5. The molecule has 15 nitrogen and oxygen atoms in total. The maximum absolute atomic E-state index is 14.7. The van der Waals surface area contributed by atoms with Gasteiger partial charge in [-0.3, -0.25) is 19.6 Å². The van der Waals surface area contributed by atoms with Crippen LogP contribution >= 0.6 is 0 Å². The first-order chi connectivity index (χ1) is 36.2. The van der Waals surface area contributed by atoms with Crippen molar-refractivity contribution in [2.45, 2.75) is 84.0 Å². The summed E-state index contributed by atoms with van der Waals surface area (Å²) in [4.78, 5) is 41.6. The summed E-state index contributed by atoms with van der Waals surface area (Å²) >= 11 is 0. The number of carbonyl (C=O) groups excluding carboxylic acids is 1. The molecule has 6 aromatic rings. The van der Waals surface area contributed by atoms with Gasteiger partial charge >= 0.3 is 30.8 Å². The molecule has 6 unspecified atom stereocenters. The van der Waals surface area contributed by atoms with Crippen LogP contribution < -0.4 is 28.3 Å². The van der Waals surface area contributed by atoms with Crippen molar-refractivity contribution < 1.29 is 78.9 Å². The van der Waals surface area contributed by atoms with Crippen molar-refractivity contribution in [3.63, 3.8) is 0 Å². The van der Waals surface area contributed by atoms with Crippen LogP contribution in [0.25, 0.3) is 22.3 Å². The Kier molecular flexibility index (Phi) is 19.0. The molecule has 4 aliphatic rings. The van der Waals surface area contributed by atoms with Crippen LogP contribution in [0.1, 0.15) is 87.8 Å². The summed E-state index contributed by atoms with van der Waals surface area (Å²) in [6.07, 6.45) is 10.7. The van der Waals surface area contributed by atoms with Gasteiger partial charge in [0.25, 0.3) is 0 Å². The van der Waals surface area contributed by atoms with Crippen LogP contribution in [-0.4, -0.2) is 103 Å². The summed E-state index contributed by atoms with van der Waals surface area (Å²) in [5.74, 6) is 0.194. The quantitative estimate of drug-likeness (QED) is 0.0523. The number of aryl methyl sites for hydroxylation is 6. The van der Waals surface area contributed by atoms with Crippen LogP contribution in [0.4, 0.5) is 8.78 Å². The van der Waals surface area contributed by atoms with Gasteiger partial charge in [-0.25, -0.2) is 35.6 Å². The zero-order chi connectivity index (χ0) is 54.1. The molecule has 6 atom stereocenters. The predicted octanol–water partition coefficient (Wildman–Crippen LogP) is 5.63. The van der Waals surface area contributed by atoms with Gasteiger partial charge < -0.3 is 24.8 Å². The molecular formula is C58H63F2LiN4O11S2. The Balaban J connectivity index is 0.000000221. The normalized spacial score (nSPS) is 19.1. The number of nitrogens with zero attached hydrogens (tertiary/aromatic N) is 4. The number of fused-ring (bicyclic) bond motifs is 6. The van der Waals surface area contributed by atoms with Gasteiger partial charge in [-0.05, 0) is 177 Å². The van der Waals surface area contributed by atoms with E-state index in [0.717, 1.165) is 69.0 Å². The van der Waals surface area contributed by atoms with Crippen LogP contribution in [-0.2, 0) is 72.5 Å². The largest absolute Gasteiger partial charge is 1.00 e. The zero-order valence-electron chi connectivity index (χ0n) is 44.7. The number of esters is 1. The average Bonchev–Trinajstić information content (AvgIpc) is 4.40. The first-order valence-corrected chi connectivity index (χ1v) is 29.9. The molecular weight excluding hydrogens is 1040 g/mol. The third-order valence-electron chi connectivity index (χ3n) is 14.9. The van der Waals surface area contributed by atoms with Crippen LogP contribution in [0.2, 0.25) is 0 Å². The van der Waals surface area contributed by atoms with Crippen LogP contribution in [0.3, 0.4) is 0 Å². The molecule has 2 N–H and O–H groups in total. The summed E-state index contributed by atoms with van der Waals surface area (Å²) in [6.45, 7) is 6.49.